The second-order valence-electron chi connectivity index (χ2n) is 11.1. The minimum Gasteiger partial charge on any atom is -0.399 e. The molecule has 1 saturated heterocycles. The summed E-state index contributed by atoms with van der Waals surface area (Å²) in [4.78, 5) is 28.3. The zero-order valence-corrected chi connectivity index (χ0v) is 20.3. The summed E-state index contributed by atoms with van der Waals surface area (Å²) in [6.45, 7) is 12.6. The fourth-order valence-corrected chi connectivity index (χ4v) is 5.33. The van der Waals surface area contributed by atoms with Gasteiger partial charge in [0.25, 0.3) is 11.8 Å². The molecular weight excluding hydrogens is 413 g/mol. The standard InChI is InChI=1S/C27H32BNO4/c1-17(2)18-15-27(16-18,29-23(30)21-9-7-8-10-22(21)24(29)31)19-11-13-20(14-12-19)28-32-25(3,4)26(5,6)33-28/h7-14,17-18H,15-16H2,1-6H3. The fourth-order valence-electron chi connectivity index (χ4n) is 5.33. The molecule has 1 aliphatic carbocycles. The Morgan fingerprint density at radius 1 is 0.848 bits per heavy atom. The molecule has 3 aliphatic rings. The molecule has 172 valence electrons. The number of rotatable bonds is 4. The van der Waals surface area contributed by atoms with Crippen LogP contribution in [0.1, 0.15) is 80.7 Å². The van der Waals surface area contributed by atoms with E-state index in [1.54, 1.807) is 12.1 Å². The number of hydrogen-bond acceptors (Lipinski definition) is 4. The number of carbonyl (C=O) groups excluding carboxylic acids is 2. The van der Waals surface area contributed by atoms with E-state index in [2.05, 4.69) is 13.8 Å². The molecule has 0 aromatic heterocycles. The topological polar surface area (TPSA) is 55.8 Å². The van der Waals surface area contributed by atoms with Gasteiger partial charge >= 0.3 is 7.12 Å². The van der Waals surface area contributed by atoms with E-state index in [-0.39, 0.29) is 11.8 Å². The largest absolute Gasteiger partial charge is 0.494 e. The molecule has 2 aromatic rings. The SMILES string of the molecule is CC(C)C1CC(c2ccc(B3OC(C)(C)C(C)(C)O3)cc2)(N2C(=O)c3ccccc3C2=O)C1. The Balaban J connectivity index is 1.49. The minimum atomic E-state index is -0.614. The summed E-state index contributed by atoms with van der Waals surface area (Å²) in [6.07, 6.45) is 1.57. The Hall–Kier alpha value is -2.44. The van der Waals surface area contributed by atoms with Crippen LogP contribution in [0.2, 0.25) is 0 Å². The number of fused-ring (bicyclic) bond motifs is 1. The van der Waals surface area contributed by atoms with Gasteiger partial charge in [-0.15, -0.1) is 0 Å². The molecule has 5 rings (SSSR count). The summed E-state index contributed by atoms with van der Waals surface area (Å²) in [5, 5.41) is 0. The molecule has 2 aromatic carbocycles. The third kappa shape index (κ3) is 3.22. The Bertz CT molecular complexity index is 1060. The number of benzene rings is 2. The van der Waals surface area contributed by atoms with E-state index in [9.17, 15) is 9.59 Å². The number of nitrogens with zero attached hydrogens (tertiary/aromatic N) is 1. The van der Waals surface area contributed by atoms with Crippen LogP contribution in [0, 0.1) is 11.8 Å². The fraction of sp³-hybridized carbons (Fsp3) is 0.481. The molecule has 2 heterocycles. The lowest BCUT2D eigenvalue weighted by Crippen LogP contribution is -2.58. The lowest BCUT2D eigenvalue weighted by atomic mass is 9.60. The smallest absolute Gasteiger partial charge is 0.399 e. The molecule has 33 heavy (non-hydrogen) atoms. The van der Waals surface area contributed by atoms with Gasteiger partial charge in [0.15, 0.2) is 0 Å². The lowest BCUT2D eigenvalue weighted by molar-refractivity contribution is -0.0189. The van der Waals surface area contributed by atoms with Crippen LogP contribution < -0.4 is 5.46 Å². The maximum Gasteiger partial charge on any atom is 0.494 e. The van der Waals surface area contributed by atoms with E-state index in [0.29, 0.717) is 23.0 Å². The molecule has 0 bridgehead atoms. The quantitative estimate of drug-likeness (QED) is 0.512. The van der Waals surface area contributed by atoms with Crippen molar-refractivity contribution in [1.29, 1.82) is 0 Å². The second-order valence-corrected chi connectivity index (χ2v) is 11.1. The van der Waals surface area contributed by atoms with Crippen molar-refractivity contribution < 1.29 is 18.9 Å². The minimum absolute atomic E-state index is 0.187. The van der Waals surface area contributed by atoms with Gasteiger partial charge in [-0.3, -0.25) is 14.5 Å². The second kappa shape index (κ2) is 7.28. The number of amides is 2. The summed E-state index contributed by atoms with van der Waals surface area (Å²) in [7, 11) is -0.441. The number of carbonyl (C=O) groups is 2. The molecule has 2 aliphatic heterocycles. The Labute approximate surface area is 196 Å². The molecule has 2 fully saturated rings. The zero-order valence-electron chi connectivity index (χ0n) is 20.3. The van der Waals surface area contributed by atoms with Crippen LogP contribution in [0.5, 0.6) is 0 Å². The average molecular weight is 445 g/mol. The molecule has 0 spiro atoms. The van der Waals surface area contributed by atoms with Crippen LogP contribution >= 0.6 is 0 Å². The van der Waals surface area contributed by atoms with Crippen LogP contribution in [-0.2, 0) is 14.8 Å². The van der Waals surface area contributed by atoms with Gasteiger partial charge in [-0.1, -0.05) is 50.2 Å². The summed E-state index contributed by atoms with van der Waals surface area (Å²) < 4.78 is 12.4. The number of hydrogen-bond donors (Lipinski definition) is 0. The monoisotopic (exact) mass is 445 g/mol. The van der Waals surface area contributed by atoms with E-state index in [0.717, 1.165) is 23.9 Å². The van der Waals surface area contributed by atoms with Gasteiger partial charge in [-0.2, -0.15) is 0 Å². The van der Waals surface area contributed by atoms with Crippen molar-refractivity contribution in [3.8, 4) is 0 Å². The van der Waals surface area contributed by atoms with E-state index in [4.69, 9.17) is 9.31 Å². The van der Waals surface area contributed by atoms with Gasteiger partial charge in [-0.25, -0.2) is 0 Å². The molecule has 6 heteroatoms. The Morgan fingerprint density at radius 3 is 1.79 bits per heavy atom. The van der Waals surface area contributed by atoms with Crippen LogP contribution in [-0.4, -0.2) is 35.0 Å². The predicted molar refractivity (Wildman–Crippen MR) is 128 cm³/mol. The third-order valence-electron chi connectivity index (χ3n) is 8.34. The third-order valence-corrected chi connectivity index (χ3v) is 8.34. The van der Waals surface area contributed by atoms with E-state index in [1.807, 2.05) is 64.1 Å². The van der Waals surface area contributed by atoms with Crippen LogP contribution in [0.25, 0.3) is 0 Å². The maximum atomic E-state index is 13.4. The summed E-state index contributed by atoms with van der Waals surface area (Å²) in [5.74, 6) is 0.593. The normalized spacial score (nSPS) is 27.8. The molecule has 1 saturated carbocycles. The Kier molecular flexibility index (Phi) is 4.93. The predicted octanol–water partition coefficient (Wildman–Crippen LogP) is 4.54. The van der Waals surface area contributed by atoms with Gasteiger partial charge in [0.05, 0.1) is 27.9 Å². The molecule has 0 unspecified atom stereocenters. The highest BCUT2D eigenvalue weighted by atomic mass is 16.7. The van der Waals surface area contributed by atoms with E-state index in [1.165, 1.54) is 4.90 Å². The number of imide groups is 1. The van der Waals surface area contributed by atoms with Crippen molar-refractivity contribution in [2.75, 3.05) is 0 Å². The van der Waals surface area contributed by atoms with E-state index >= 15 is 0 Å². The first kappa shape index (κ1) is 22.4. The molecule has 0 N–H and O–H groups in total. The highest BCUT2D eigenvalue weighted by Crippen LogP contribution is 2.54. The average Bonchev–Trinajstić information content (AvgIpc) is 3.11. The van der Waals surface area contributed by atoms with Crippen molar-refractivity contribution in [1.82, 2.24) is 4.90 Å². The van der Waals surface area contributed by atoms with Gasteiger partial charge < -0.3 is 9.31 Å². The van der Waals surface area contributed by atoms with Crippen LogP contribution in [0.3, 0.4) is 0 Å². The van der Waals surface area contributed by atoms with E-state index < -0.39 is 23.9 Å². The van der Waals surface area contributed by atoms with Crippen molar-refractivity contribution >= 4 is 24.4 Å². The molecule has 0 radical (unpaired) electrons. The summed E-state index contributed by atoms with van der Waals surface area (Å²) >= 11 is 0. The summed E-state index contributed by atoms with van der Waals surface area (Å²) in [6, 6.07) is 15.3. The maximum absolute atomic E-state index is 13.4. The molecular formula is C27H32BNO4. The van der Waals surface area contributed by atoms with Crippen molar-refractivity contribution in [3.05, 3.63) is 65.2 Å². The lowest BCUT2D eigenvalue weighted by Gasteiger charge is -2.54. The zero-order chi connectivity index (χ0) is 23.8. The first-order valence-corrected chi connectivity index (χ1v) is 11.9. The van der Waals surface area contributed by atoms with Crippen molar-refractivity contribution in [3.63, 3.8) is 0 Å². The molecule has 5 nitrogen and oxygen atoms in total. The van der Waals surface area contributed by atoms with Gasteiger partial charge in [0, 0.05) is 0 Å². The Morgan fingerprint density at radius 2 is 1.33 bits per heavy atom. The van der Waals surface area contributed by atoms with Crippen molar-refractivity contribution in [2.45, 2.75) is 71.1 Å². The molecule has 2 amide bonds. The first-order valence-electron chi connectivity index (χ1n) is 11.9. The highest BCUT2D eigenvalue weighted by Gasteiger charge is 2.57. The van der Waals surface area contributed by atoms with Gasteiger partial charge in [-0.05, 0) is 75.5 Å². The van der Waals surface area contributed by atoms with Crippen LogP contribution in [0.4, 0.5) is 0 Å². The van der Waals surface area contributed by atoms with Crippen molar-refractivity contribution in [2.24, 2.45) is 11.8 Å². The van der Waals surface area contributed by atoms with Gasteiger partial charge in [0.1, 0.15) is 0 Å². The summed E-state index contributed by atoms with van der Waals surface area (Å²) in [5.41, 5.74) is 1.51. The van der Waals surface area contributed by atoms with Gasteiger partial charge in [0.2, 0.25) is 0 Å². The highest BCUT2D eigenvalue weighted by molar-refractivity contribution is 6.62. The van der Waals surface area contributed by atoms with Crippen LogP contribution in [0.15, 0.2) is 48.5 Å². The molecule has 0 atom stereocenters. The first-order chi connectivity index (χ1) is 15.5.